The molecule has 0 saturated carbocycles. The molecule has 0 aliphatic carbocycles. The number of carboxylic acid groups (broad SMARTS) is 1. The van der Waals surface area contributed by atoms with Crippen LogP contribution in [0.4, 0.5) is 0 Å². The van der Waals surface area contributed by atoms with E-state index in [0.29, 0.717) is 19.3 Å². The van der Waals surface area contributed by atoms with Crippen molar-refractivity contribution in [1.82, 2.24) is 0 Å². The second kappa shape index (κ2) is 35.1. The van der Waals surface area contributed by atoms with Gasteiger partial charge in [-0.3, -0.25) is 9.59 Å². The lowest BCUT2D eigenvalue weighted by Gasteiger charge is -2.31. The molecular weight excluding hydrogens is 654 g/mol. The Labute approximate surface area is 318 Å². The van der Waals surface area contributed by atoms with Gasteiger partial charge in [-0.25, -0.2) is 4.79 Å². The number of esters is 2. The number of carbonyl (C=O) groups excluding carboxylic acids is 2. The molecule has 0 heterocycles. The van der Waals surface area contributed by atoms with E-state index < -0.39 is 18.1 Å². The van der Waals surface area contributed by atoms with Crippen molar-refractivity contribution >= 4 is 17.9 Å². The molecule has 0 aromatic rings. The third kappa shape index (κ3) is 32.9. The van der Waals surface area contributed by atoms with Gasteiger partial charge in [0, 0.05) is 19.3 Å². The molecule has 0 aliphatic rings. The van der Waals surface area contributed by atoms with E-state index >= 15 is 0 Å². The summed E-state index contributed by atoms with van der Waals surface area (Å²) in [7, 11) is 5.49. The predicted molar refractivity (Wildman–Crippen MR) is 215 cm³/mol. The summed E-state index contributed by atoms with van der Waals surface area (Å²) in [5.41, 5.74) is 0. The summed E-state index contributed by atoms with van der Waals surface area (Å²) in [4.78, 5) is 36.8. The summed E-state index contributed by atoms with van der Waals surface area (Å²) in [6.07, 6.45) is 41.3. The summed E-state index contributed by atoms with van der Waals surface area (Å²) in [5, 5.41) is 9.59. The van der Waals surface area contributed by atoms with Crippen LogP contribution in [0.15, 0.2) is 60.8 Å². The average Bonchev–Trinajstić information content (AvgIpc) is 3.09. The van der Waals surface area contributed by atoms with Gasteiger partial charge >= 0.3 is 17.9 Å². The third-order valence-electron chi connectivity index (χ3n) is 8.73. The Balaban J connectivity index is 4.48. The maximum Gasteiger partial charge on any atom is 0.362 e. The van der Waals surface area contributed by atoms with Crippen LogP contribution < -0.4 is 0 Å². The number of carboxylic acids is 1. The van der Waals surface area contributed by atoms with E-state index in [4.69, 9.17) is 14.2 Å². The van der Waals surface area contributed by atoms with Crippen molar-refractivity contribution in [3.05, 3.63) is 60.8 Å². The van der Waals surface area contributed by atoms with E-state index in [1.54, 1.807) is 0 Å². The standard InChI is InChI=1S/C44H75NO7/c1-6-8-10-12-14-16-18-20-21-23-24-26-28-30-32-34-42(46)51-39-40(38-50-37-36-41(44(48)49)45(3,4)5)52-43(47)35-33-31-29-27-25-22-19-17-15-13-11-9-7-2/h8,10,12,14,16,18,22,25,29,31,40-41H,6-7,9,11,13,15,17,19-21,23-24,26-28,30,32-39H2,1-5H3/p+1/b10-8+,14-12+,18-16+,25-22+,31-29+. The number of ether oxygens (including phenoxy) is 3. The number of hydrogen-bond donors (Lipinski definition) is 1. The Morgan fingerprint density at radius 2 is 1.19 bits per heavy atom. The highest BCUT2D eigenvalue weighted by atomic mass is 16.6. The van der Waals surface area contributed by atoms with Crippen LogP contribution in [0.5, 0.6) is 0 Å². The zero-order chi connectivity index (χ0) is 38.5. The van der Waals surface area contributed by atoms with Gasteiger partial charge in [0.2, 0.25) is 0 Å². The van der Waals surface area contributed by atoms with Crippen LogP contribution in [0.3, 0.4) is 0 Å². The molecule has 0 rings (SSSR count). The van der Waals surface area contributed by atoms with Gasteiger partial charge in [0.05, 0.1) is 34.4 Å². The first-order valence-electron chi connectivity index (χ1n) is 20.4. The molecule has 0 aromatic heterocycles. The van der Waals surface area contributed by atoms with Crippen LogP contribution in [-0.2, 0) is 28.6 Å². The van der Waals surface area contributed by atoms with Crippen molar-refractivity contribution in [2.24, 2.45) is 0 Å². The van der Waals surface area contributed by atoms with Crippen LogP contribution >= 0.6 is 0 Å². The van der Waals surface area contributed by atoms with Gasteiger partial charge in [0.1, 0.15) is 6.61 Å². The fourth-order valence-corrected chi connectivity index (χ4v) is 5.55. The molecule has 0 radical (unpaired) electrons. The largest absolute Gasteiger partial charge is 0.477 e. The molecule has 0 amide bonds. The lowest BCUT2D eigenvalue weighted by molar-refractivity contribution is -0.887. The Kier molecular flexibility index (Phi) is 33.1. The molecule has 52 heavy (non-hydrogen) atoms. The second-order valence-corrected chi connectivity index (χ2v) is 14.6. The van der Waals surface area contributed by atoms with Gasteiger partial charge in [0.25, 0.3) is 0 Å². The summed E-state index contributed by atoms with van der Waals surface area (Å²) in [6.45, 7) is 4.50. The van der Waals surface area contributed by atoms with Crippen molar-refractivity contribution in [3.63, 3.8) is 0 Å². The van der Waals surface area contributed by atoms with Crippen molar-refractivity contribution < 1.29 is 38.2 Å². The number of allylic oxidation sites excluding steroid dienone is 10. The molecule has 1 N–H and O–H groups in total. The van der Waals surface area contributed by atoms with Gasteiger partial charge in [-0.2, -0.15) is 0 Å². The average molecular weight is 731 g/mol. The smallest absolute Gasteiger partial charge is 0.362 e. The van der Waals surface area contributed by atoms with Crippen molar-refractivity contribution in [2.45, 2.75) is 161 Å². The molecule has 0 saturated heterocycles. The van der Waals surface area contributed by atoms with Gasteiger partial charge in [-0.05, 0) is 51.4 Å². The Bertz CT molecular complexity index is 1040. The van der Waals surface area contributed by atoms with Crippen LogP contribution in [0.2, 0.25) is 0 Å². The molecule has 0 bridgehead atoms. The van der Waals surface area contributed by atoms with Gasteiger partial charge in [0.15, 0.2) is 12.1 Å². The highest BCUT2D eigenvalue weighted by molar-refractivity contribution is 5.72. The zero-order valence-electron chi connectivity index (χ0n) is 33.7. The Hall–Kier alpha value is -2.97. The summed E-state index contributed by atoms with van der Waals surface area (Å²) in [6, 6.07) is -0.626. The topological polar surface area (TPSA) is 99.1 Å². The summed E-state index contributed by atoms with van der Waals surface area (Å²) >= 11 is 0. The molecule has 0 aromatic carbocycles. The van der Waals surface area contributed by atoms with E-state index in [1.807, 2.05) is 27.2 Å². The molecule has 0 fully saturated rings. The first kappa shape index (κ1) is 49.0. The number of likely N-dealkylation sites (N-methyl/N-ethyl adjacent to an activating group) is 1. The number of rotatable bonds is 35. The summed E-state index contributed by atoms with van der Waals surface area (Å²) < 4.78 is 17.1. The third-order valence-corrected chi connectivity index (χ3v) is 8.73. The molecule has 2 atom stereocenters. The van der Waals surface area contributed by atoms with Crippen LogP contribution in [0, 0.1) is 0 Å². The van der Waals surface area contributed by atoms with E-state index in [-0.39, 0.29) is 42.7 Å². The second-order valence-electron chi connectivity index (χ2n) is 14.6. The molecule has 0 spiro atoms. The normalized spacial score (nSPS) is 13.6. The lowest BCUT2D eigenvalue weighted by atomic mass is 10.1. The molecule has 2 unspecified atom stereocenters. The fraction of sp³-hybridized carbons (Fsp3) is 0.705. The number of nitrogens with zero attached hydrogens (tertiary/aromatic N) is 1. The van der Waals surface area contributed by atoms with Crippen molar-refractivity contribution in [2.75, 3.05) is 41.0 Å². The number of carbonyl (C=O) groups is 3. The first-order valence-corrected chi connectivity index (χ1v) is 20.4. The minimum atomic E-state index is -0.887. The van der Waals surface area contributed by atoms with E-state index in [2.05, 4.69) is 68.5 Å². The van der Waals surface area contributed by atoms with Gasteiger partial charge < -0.3 is 23.8 Å². The number of hydrogen-bond acceptors (Lipinski definition) is 6. The number of quaternary nitrogens is 1. The zero-order valence-corrected chi connectivity index (χ0v) is 33.7. The molecule has 0 aliphatic heterocycles. The van der Waals surface area contributed by atoms with E-state index in [9.17, 15) is 19.5 Å². The van der Waals surface area contributed by atoms with Crippen molar-refractivity contribution in [1.29, 1.82) is 0 Å². The lowest BCUT2D eigenvalue weighted by Crippen LogP contribution is -2.50. The predicted octanol–water partition coefficient (Wildman–Crippen LogP) is 10.6. The maximum absolute atomic E-state index is 12.6. The van der Waals surface area contributed by atoms with Crippen LogP contribution in [0.1, 0.15) is 149 Å². The van der Waals surface area contributed by atoms with Crippen molar-refractivity contribution in [3.8, 4) is 0 Å². The summed E-state index contributed by atoms with van der Waals surface area (Å²) in [5.74, 6) is -1.58. The van der Waals surface area contributed by atoms with E-state index in [0.717, 1.165) is 51.4 Å². The number of unbranched alkanes of at least 4 members (excludes halogenated alkanes) is 13. The Morgan fingerprint density at radius 1 is 0.615 bits per heavy atom. The highest BCUT2D eigenvalue weighted by Crippen LogP contribution is 2.12. The van der Waals surface area contributed by atoms with Gasteiger partial charge in [-0.1, -0.05) is 139 Å². The highest BCUT2D eigenvalue weighted by Gasteiger charge is 2.31. The molecule has 8 nitrogen and oxygen atoms in total. The van der Waals surface area contributed by atoms with Crippen LogP contribution in [0.25, 0.3) is 0 Å². The molecular formula is C44H76NO7+. The maximum atomic E-state index is 12.6. The molecule has 8 heteroatoms. The van der Waals surface area contributed by atoms with Gasteiger partial charge in [-0.15, -0.1) is 0 Å². The van der Waals surface area contributed by atoms with E-state index in [1.165, 1.54) is 57.8 Å². The fourth-order valence-electron chi connectivity index (χ4n) is 5.55. The monoisotopic (exact) mass is 731 g/mol. The quantitative estimate of drug-likeness (QED) is 0.0228. The Morgan fingerprint density at radius 3 is 1.81 bits per heavy atom. The first-order chi connectivity index (χ1) is 25.1. The molecule has 298 valence electrons. The SMILES string of the molecule is CC/C=C/C=C/C=C/CCCCCCCCCC(=O)OCC(COCCC(C(=O)O)[N+](C)(C)C)OC(=O)CC/C=C/C/C=C/CCCCCCCC. The minimum absolute atomic E-state index is 0.0323. The number of aliphatic carboxylic acids is 1. The van der Waals surface area contributed by atoms with Crippen LogP contribution in [-0.4, -0.2) is 80.6 Å². The minimum Gasteiger partial charge on any atom is -0.477 e.